The molecule has 0 radical (unpaired) electrons. The second-order valence-corrected chi connectivity index (χ2v) is 4.60. The van der Waals surface area contributed by atoms with Crippen molar-refractivity contribution in [3.8, 4) is 0 Å². The van der Waals surface area contributed by atoms with Crippen molar-refractivity contribution in [3.05, 3.63) is 23.2 Å². The molecule has 0 aromatic carbocycles. The molecule has 0 atom stereocenters. The van der Waals surface area contributed by atoms with Crippen LogP contribution >= 0.6 is 0 Å². The van der Waals surface area contributed by atoms with Crippen molar-refractivity contribution in [1.29, 1.82) is 0 Å². The number of rotatable bonds is 4. The summed E-state index contributed by atoms with van der Waals surface area (Å²) in [6, 6.07) is 1.39. The molecule has 7 nitrogen and oxygen atoms in total. The van der Waals surface area contributed by atoms with Crippen LogP contribution in [0.5, 0.6) is 0 Å². The lowest BCUT2D eigenvalue weighted by atomic mass is 10.2. The first kappa shape index (κ1) is 14.1. The highest BCUT2D eigenvalue weighted by molar-refractivity contribution is 6.35. The van der Waals surface area contributed by atoms with Crippen molar-refractivity contribution < 1.29 is 23.9 Å². The smallest absolute Gasteiger partial charge is 0.339 e. The SMILES string of the molecule is CCN1CCN(Cc2cc(C(=O)O)c(C)o2)C(=O)C1=O. The van der Waals surface area contributed by atoms with E-state index < -0.39 is 17.8 Å². The molecule has 1 aliphatic heterocycles. The van der Waals surface area contributed by atoms with Gasteiger partial charge in [0.25, 0.3) is 0 Å². The predicted molar refractivity (Wildman–Crippen MR) is 68.1 cm³/mol. The topological polar surface area (TPSA) is 91.1 Å². The van der Waals surface area contributed by atoms with Gasteiger partial charge in [-0.15, -0.1) is 0 Å². The average Bonchev–Trinajstić information content (AvgIpc) is 2.76. The van der Waals surface area contributed by atoms with Gasteiger partial charge in [0.05, 0.1) is 6.54 Å². The molecule has 1 aromatic heterocycles. The van der Waals surface area contributed by atoms with Crippen molar-refractivity contribution in [2.75, 3.05) is 19.6 Å². The van der Waals surface area contributed by atoms with E-state index in [0.717, 1.165) is 0 Å². The first-order valence-electron chi connectivity index (χ1n) is 6.34. The third-order valence-electron chi connectivity index (χ3n) is 3.32. The molecule has 0 aliphatic carbocycles. The minimum absolute atomic E-state index is 0.0750. The summed E-state index contributed by atoms with van der Waals surface area (Å²) in [4.78, 5) is 37.4. The summed E-state index contributed by atoms with van der Waals surface area (Å²) in [5.41, 5.74) is 0.0750. The summed E-state index contributed by atoms with van der Waals surface area (Å²) >= 11 is 0. The number of nitrogens with zero attached hydrogens (tertiary/aromatic N) is 2. The van der Waals surface area contributed by atoms with Gasteiger partial charge in [-0.1, -0.05) is 0 Å². The van der Waals surface area contributed by atoms with Gasteiger partial charge in [0.15, 0.2) is 0 Å². The molecule has 7 heteroatoms. The number of aryl methyl sites for hydroxylation is 1. The highest BCUT2D eigenvalue weighted by atomic mass is 16.4. The minimum Gasteiger partial charge on any atom is -0.478 e. The van der Waals surface area contributed by atoms with E-state index >= 15 is 0 Å². The molecule has 1 saturated heterocycles. The molecule has 0 saturated carbocycles. The molecule has 1 aliphatic rings. The number of aromatic carboxylic acids is 1. The standard InChI is InChI=1S/C13H16N2O5/c1-3-14-4-5-15(12(17)11(14)16)7-9-6-10(13(18)19)8(2)20-9/h6H,3-5,7H2,1-2H3,(H,18,19). The molecule has 1 N–H and O–H groups in total. The van der Waals surface area contributed by atoms with Crippen molar-refractivity contribution in [3.63, 3.8) is 0 Å². The van der Waals surface area contributed by atoms with Gasteiger partial charge in [-0.3, -0.25) is 9.59 Å². The largest absolute Gasteiger partial charge is 0.478 e. The van der Waals surface area contributed by atoms with Gasteiger partial charge in [-0.25, -0.2) is 4.79 Å². The Morgan fingerprint density at radius 1 is 1.30 bits per heavy atom. The van der Waals surface area contributed by atoms with Gasteiger partial charge in [-0.2, -0.15) is 0 Å². The van der Waals surface area contributed by atoms with E-state index in [1.807, 2.05) is 6.92 Å². The van der Waals surface area contributed by atoms with Crippen LogP contribution in [-0.2, 0) is 16.1 Å². The van der Waals surface area contributed by atoms with Crippen LogP contribution in [0.4, 0.5) is 0 Å². The Bertz CT molecular complexity index is 563. The summed E-state index contributed by atoms with van der Waals surface area (Å²) < 4.78 is 5.32. The Kier molecular flexibility index (Phi) is 3.78. The van der Waals surface area contributed by atoms with E-state index in [1.54, 1.807) is 6.92 Å². The Balaban J connectivity index is 2.11. The van der Waals surface area contributed by atoms with Crippen LogP contribution in [0.3, 0.4) is 0 Å². The fourth-order valence-electron chi connectivity index (χ4n) is 2.19. The molecule has 1 aromatic rings. The molecular formula is C13H16N2O5. The number of furan rings is 1. The molecule has 108 valence electrons. The molecule has 2 heterocycles. The van der Waals surface area contributed by atoms with Crippen LogP contribution in [0.2, 0.25) is 0 Å². The third kappa shape index (κ3) is 2.52. The maximum absolute atomic E-state index is 11.9. The van der Waals surface area contributed by atoms with E-state index in [0.29, 0.717) is 31.2 Å². The van der Waals surface area contributed by atoms with Gasteiger partial charge in [0, 0.05) is 19.6 Å². The van der Waals surface area contributed by atoms with Gasteiger partial charge in [0.1, 0.15) is 17.1 Å². The fraction of sp³-hybridized carbons (Fsp3) is 0.462. The number of carboxylic acid groups (broad SMARTS) is 1. The zero-order chi connectivity index (χ0) is 14.9. The minimum atomic E-state index is -1.07. The monoisotopic (exact) mass is 280 g/mol. The lowest BCUT2D eigenvalue weighted by Gasteiger charge is -2.32. The predicted octanol–water partition coefficient (Wildman–Crippen LogP) is 0.477. The van der Waals surface area contributed by atoms with Gasteiger partial charge in [-0.05, 0) is 19.9 Å². The quantitative estimate of drug-likeness (QED) is 0.810. The van der Waals surface area contributed by atoms with Crippen molar-refractivity contribution >= 4 is 17.8 Å². The molecule has 2 amide bonds. The number of carboxylic acids is 1. The van der Waals surface area contributed by atoms with Crippen molar-refractivity contribution in [2.24, 2.45) is 0 Å². The second-order valence-electron chi connectivity index (χ2n) is 4.60. The van der Waals surface area contributed by atoms with Crippen LogP contribution in [0, 0.1) is 6.92 Å². The lowest BCUT2D eigenvalue weighted by molar-refractivity contribution is -0.156. The van der Waals surface area contributed by atoms with E-state index in [9.17, 15) is 14.4 Å². The first-order chi connectivity index (χ1) is 9.43. The molecule has 0 unspecified atom stereocenters. The zero-order valence-corrected chi connectivity index (χ0v) is 11.4. The number of hydrogen-bond donors (Lipinski definition) is 1. The molecule has 0 spiro atoms. The van der Waals surface area contributed by atoms with E-state index in [1.165, 1.54) is 15.9 Å². The molecular weight excluding hydrogens is 264 g/mol. The second kappa shape index (κ2) is 5.36. The maximum Gasteiger partial charge on any atom is 0.339 e. The van der Waals surface area contributed by atoms with Gasteiger partial charge >= 0.3 is 17.8 Å². The highest BCUT2D eigenvalue weighted by Crippen LogP contribution is 2.17. The summed E-state index contributed by atoms with van der Waals surface area (Å²) in [6.07, 6.45) is 0. The molecule has 20 heavy (non-hydrogen) atoms. The molecule has 1 fully saturated rings. The Labute approximate surface area is 115 Å². The summed E-state index contributed by atoms with van der Waals surface area (Å²) in [5, 5.41) is 8.94. The number of carbonyl (C=O) groups excluding carboxylic acids is 2. The molecule has 2 rings (SSSR count). The van der Waals surface area contributed by atoms with E-state index in [-0.39, 0.29) is 12.1 Å². The fourth-order valence-corrected chi connectivity index (χ4v) is 2.19. The zero-order valence-electron chi connectivity index (χ0n) is 11.4. The Hall–Kier alpha value is -2.31. The van der Waals surface area contributed by atoms with Crippen LogP contribution in [0.1, 0.15) is 28.8 Å². The number of amides is 2. The van der Waals surface area contributed by atoms with Gasteiger partial charge < -0.3 is 19.3 Å². The lowest BCUT2D eigenvalue weighted by Crippen LogP contribution is -2.53. The number of likely N-dealkylation sites (N-methyl/N-ethyl adjacent to an activating group) is 1. The van der Waals surface area contributed by atoms with Crippen LogP contribution in [0.25, 0.3) is 0 Å². The Morgan fingerprint density at radius 2 is 1.90 bits per heavy atom. The Morgan fingerprint density at radius 3 is 2.45 bits per heavy atom. The van der Waals surface area contributed by atoms with Crippen LogP contribution < -0.4 is 0 Å². The molecule has 0 bridgehead atoms. The number of hydrogen-bond acceptors (Lipinski definition) is 4. The summed E-state index contributed by atoms with van der Waals surface area (Å²) in [7, 11) is 0. The average molecular weight is 280 g/mol. The van der Waals surface area contributed by atoms with E-state index in [2.05, 4.69) is 0 Å². The maximum atomic E-state index is 11.9. The van der Waals surface area contributed by atoms with Crippen LogP contribution in [-0.4, -0.2) is 52.3 Å². The number of piperazine rings is 1. The van der Waals surface area contributed by atoms with Crippen LogP contribution in [0.15, 0.2) is 10.5 Å². The summed E-state index contributed by atoms with van der Waals surface area (Å²) in [6.45, 7) is 4.87. The normalized spacial score (nSPS) is 15.9. The van der Waals surface area contributed by atoms with Gasteiger partial charge in [0.2, 0.25) is 0 Å². The van der Waals surface area contributed by atoms with Crippen molar-refractivity contribution in [1.82, 2.24) is 9.80 Å². The van der Waals surface area contributed by atoms with Crippen molar-refractivity contribution in [2.45, 2.75) is 20.4 Å². The number of carbonyl (C=O) groups is 3. The third-order valence-corrected chi connectivity index (χ3v) is 3.32. The van der Waals surface area contributed by atoms with E-state index in [4.69, 9.17) is 9.52 Å². The highest BCUT2D eigenvalue weighted by Gasteiger charge is 2.32. The first-order valence-corrected chi connectivity index (χ1v) is 6.34. The summed E-state index contributed by atoms with van der Waals surface area (Å²) in [5.74, 6) is -1.52.